The number of nitrogen functional groups attached to an aromatic ring is 1. The van der Waals surface area contributed by atoms with Crippen molar-refractivity contribution in [1.82, 2.24) is 8.68 Å². The molecule has 0 spiro atoms. The van der Waals surface area contributed by atoms with Gasteiger partial charge in [0.15, 0.2) is 10.7 Å². The summed E-state index contributed by atoms with van der Waals surface area (Å²) < 4.78 is 34.2. The van der Waals surface area contributed by atoms with Crippen LogP contribution in [0.2, 0.25) is 0 Å². The van der Waals surface area contributed by atoms with E-state index in [4.69, 9.17) is 15.6 Å². The van der Waals surface area contributed by atoms with Crippen LogP contribution in [-0.4, -0.2) is 62.7 Å². The summed E-state index contributed by atoms with van der Waals surface area (Å²) in [4.78, 5) is -0.00958. The lowest BCUT2D eigenvalue weighted by Crippen LogP contribution is -2.24. The molecule has 0 aliphatic heterocycles. The predicted molar refractivity (Wildman–Crippen MR) is 73.8 cm³/mol. The number of ether oxygens (including phenoxy) is 1. The van der Waals surface area contributed by atoms with Gasteiger partial charge in [0.25, 0.3) is 0 Å². The number of nitrogens with two attached hydrogens (primary N) is 1. The van der Waals surface area contributed by atoms with Crippen LogP contribution in [0.5, 0.6) is 0 Å². The van der Waals surface area contributed by atoms with Gasteiger partial charge in [-0.1, -0.05) is 0 Å². The first kappa shape index (κ1) is 16.1. The number of anilines is 2. The summed E-state index contributed by atoms with van der Waals surface area (Å²) in [5.41, 5.74) is 5.61. The van der Waals surface area contributed by atoms with Crippen LogP contribution in [0.25, 0.3) is 0 Å². The Labute approximate surface area is 116 Å². The van der Waals surface area contributed by atoms with Crippen LogP contribution in [-0.2, 0) is 14.8 Å². The maximum atomic E-state index is 12.1. The van der Waals surface area contributed by atoms with Gasteiger partial charge in [0, 0.05) is 20.6 Å². The molecule has 0 aliphatic rings. The molecule has 1 heterocycles. The second-order valence-electron chi connectivity index (χ2n) is 3.78. The minimum absolute atomic E-state index is 0.00958. The second kappa shape index (κ2) is 7.01. The number of aliphatic hydroxyl groups excluding tert-OH is 1. The number of sulfonamides is 1. The van der Waals surface area contributed by atoms with Crippen molar-refractivity contribution in [2.24, 2.45) is 0 Å². The molecule has 0 radical (unpaired) electrons. The smallest absolute Gasteiger partial charge is 0.249 e. The zero-order valence-corrected chi connectivity index (χ0v) is 12.4. The maximum absolute atomic E-state index is 12.1. The van der Waals surface area contributed by atoms with E-state index in [1.54, 1.807) is 0 Å². The van der Waals surface area contributed by atoms with Crippen LogP contribution in [0.1, 0.15) is 0 Å². The molecule has 1 rings (SSSR count). The molecule has 1 aromatic rings. The third kappa shape index (κ3) is 4.01. The molecule has 110 valence electrons. The van der Waals surface area contributed by atoms with Gasteiger partial charge in [-0.2, -0.15) is 4.37 Å². The van der Waals surface area contributed by atoms with Gasteiger partial charge in [0.05, 0.1) is 19.8 Å². The van der Waals surface area contributed by atoms with Gasteiger partial charge < -0.3 is 20.9 Å². The lowest BCUT2D eigenvalue weighted by Gasteiger charge is -2.12. The van der Waals surface area contributed by atoms with E-state index in [0.29, 0.717) is 18.2 Å². The minimum Gasteiger partial charge on any atom is -0.394 e. The number of hydrogen-bond donors (Lipinski definition) is 3. The maximum Gasteiger partial charge on any atom is 0.249 e. The van der Waals surface area contributed by atoms with Crippen molar-refractivity contribution in [1.29, 1.82) is 0 Å². The van der Waals surface area contributed by atoms with E-state index in [1.165, 1.54) is 14.1 Å². The van der Waals surface area contributed by atoms with Gasteiger partial charge in [0.1, 0.15) is 5.00 Å². The van der Waals surface area contributed by atoms with Crippen LogP contribution in [0.3, 0.4) is 0 Å². The fraction of sp³-hybridized carbons (Fsp3) is 0.667. The third-order valence-electron chi connectivity index (χ3n) is 2.18. The number of aliphatic hydroxyl groups is 1. The summed E-state index contributed by atoms with van der Waals surface area (Å²) >= 11 is 0.987. The number of rotatable bonds is 8. The molecule has 0 saturated carbocycles. The molecular formula is C9H18N4O4S2. The molecular weight excluding hydrogens is 292 g/mol. The van der Waals surface area contributed by atoms with Crippen LogP contribution in [0.4, 0.5) is 10.8 Å². The van der Waals surface area contributed by atoms with E-state index in [9.17, 15) is 8.42 Å². The lowest BCUT2D eigenvalue weighted by atomic mass is 10.6. The Morgan fingerprint density at radius 2 is 2.16 bits per heavy atom. The first-order chi connectivity index (χ1) is 8.91. The number of aromatic nitrogens is 1. The summed E-state index contributed by atoms with van der Waals surface area (Å²) in [6.07, 6.45) is 0. The topological polar surface area (TPSA) is 118 Å². The van der Waals surface area contributed by atoms with E-state index in [0.717, 1.165) is 15.8 Å². The van der Waals surface area contributed by atoms with Gasteiger partial charge >= 0.3 is 0 Å². The molecule has 10 heteroatoms. The Kier molecular flexibility index (Phi) is 5.94. The molecule has 0 saturated heterocycles. The van der Waals surface area contributed by atoms with Crippen molar-refractivity contribution >= 4 is 32.4 Å². The standard InChI is InChI=1S/C9H18N4O4S2/c1-13(2)19(15,16)7-8(10)12-18-9(7)11-3-5-17-6-4-14/h11,14H,3-6H2,1-2H3,(H2,10,12). The molecule has 0 bridgehead atoms. The quantitative estimate of drug-likeness (QED) is 0.548. The van der Waals surface area contributed by atoms with E-state index >= 15 is 0 Å². The van der Waals surface area contributed by atoms with Crippen molar-refractivity contribution in [3.05, 3.63) is 0 Å². The Morgan fingerprint density at radius 1 is 1.47 bits per heavy atom. The van der Waals surface area contributed by atoms with Crippen LogP contribution in [0, 0.1) is 0 Å². The summed E-state index contributed by atoms with van der Waals surface area (Å²) in [5.74, 6) is -0.0162. The van der Waals surface area contributed by atoms with Crippen LogP contribution in [0.15, 0.2) is 4.90 Å². The first-order valence-electron chi connectivity index (χ1n) is 5.51. The zero-order valence-electron chi connectivity index (χ0n) is 10.8. The van der Waals surface area contributed by atoms with Crippen molar-refractivity contribution in [2.45, 2.75) is 4.90 Å². The molecule has 0 fully saturated rings. The summed E-state index contributed by atoms with van der Waals surface area (Å²) in [5, 5.41) is 11.8. The normalized spacial score (nSPS) is 12.0. The predicted octanol–water partition coefficient (Wildman–Crippen LogP) is -0.604. The highest BCUT2D eigenvalue weighted by Gasteiger charge is 2.27. The third-order valence-corrected chi connectivity index (χ3v) is 5.02. The van der Waals surface area contributed by atoms with E-state index < -0.39 is 10.0 Å². The van der Waals surface area contributed by atoms with Crippen LogP contribution >= 0.6 is 11.5 Å². The molecule has 19 heavy (non-hydrogen) atoms. The highest BCUT2D eigenvalue weighted by Crippen LogP contribution is 2.32. The minimum atomic E-state index is -3.63. The van der Waals surface area contributed by atoms with Crippen molar-refractivity contribution in [3.8, 4) is 0 Å². The SMILES string of the molecule is CN(C)S(=O)(=O)c1c(N)nsc1NCCOCCO. The molecule has 0 amide bonds. The molecule has 0 atom stereocenters. The highest BCUT2D eigenvalue weighted by atomic mass is 32.2. The zero-order chi connectivity index (χ0) is 14.5. The second-order valence-corrected chi connectivity index (χ2v) is 6.64. The Bertz CT molecular complexity index is 500. The number of nitrogens with zero attached hydrogens (tertiary/aromatic N) is 2. The number of hydrogen-bond acceptors (Lipinski definition) is 8. The summed E-state index contributed by atoms with van der Waals surface area (Å²) in [7, 11) is -0.767. The first-order valence-corrected chi connectivity index (χ1v) is 7.72. The lowest BCUT2D eigenvalue weighted by molar-refractivity contribution is 0.0992. The molecule has 8 nitrogen and oxygen atoms in total. The largest absolute Gasteiger partial charge is 0.394 e. The van der Waals surface area contributed by atoms with Gasteiger partial charge in [-0.05, 0) is 11.5 Å². The van der Waals surface area contributed by atoms with Gasteiger partial charge in [-0.3, -0.25) is 0 Å². The summed E-state index contributed by atoms with van der Waals surface area (Å²) in [6, 6.07) is 0. The highest BCUT2D eigenvalue weighted by molar-refractivity contribution is 7.89. The van der Waals surface area contributed by atoms with E-state index in [-0.39, 0.29) is 23.9 Å². The van der Waals surface area contributed by atoms with Crippen molar-refractivity contribution in [2.75, 3.05) is 51.5 Å². The average molecular weight is 310 g/mol. The number of nitrogens with one attached hydrogen (secondary N) is 1. The molecule has 4 N–H and O–H groups in total. The summed E-state index contributed by atoms with van der Waals surface area (Å²) in [6.45, 7) is 0.945. The fourth-order valence-electron chi connectivity index (χ4n) is 1.24. The molecule has 1 aromatic heterocycles. The van der Waals surface area contributed by atoms with Gasteiger partial charge in [0.2, 0.25) is 10.0 Å². The molecule has 0 aromatic carbocycles. The van der Waals surface area contributed by atoms with Crippen molar-refractivity contribution < 1.29 is 18.3 Å². The Hall–Kier alpha value is -0.940. The molecule has 0 aliphatic carbocycles. The average Bonchev–Trinajstić information content (AvgIpc) is 2.70. The van der Waals surface area contributed by atoms with Crippen molar-refractivity contribution in [3.63, 3.8) is 0 Å². The monoisotopic (exact) mass is 310 g/mol. The molecule has 0 unspecified atom stereocenters. The fourth-order valence-corrected chi connectivity index (χ4v) is 3.34. The van der Waals surface area contributed by atoms with Crippen LogP contribution < -0.4 is 11.1 Å². The van der Waals surface area contributed by atoms with E-state index in [2.05, 4.69) is 9.69 Å². The van der Waals surface area contributed by atoms with Gasteiger partial charge in [-0.15, -0.1) is 0 Å². The van der Waals surface area contributed by atoms with E-state index in [1.807, 2.05) is 0 Å². The van der Waals surface area contributed by atoms with Gasteiger partial charge in [-0.25, -0.2) is 12.7 Å². The Morgan fingerprint density at radius 3 is 2.74 bits per heavy atom. The Balaban J connectivity index is 2.76.